The van der Waals surface area contributed by atoms with Crippen LogP contribution in [-0.4, -0.2) is 50.2 Å². The average Bonchev–Trinajstić information content (AvgIpc) is 2.29. The molecular formula is C11H20N2O2. The molecule has 2 rings (SSSR count). The van der Waals surface area contributed by atoms with Crippen LogP contribution in [0.25, 0.3) is 0 Å². The summed E-state index contributed by atoms with van der Waals surface area (Å²) in [5, 5.41) is 2.94. The Morgan fingerprint density at radius 1 is 1.40 bits per heavy atom. The first-order chi connectivity index (χ1) is 7.36. The Labute approximate surface area is 91.0 Å². The van der Waals surface area contributed by atoms with Crippen molar-refractivity contribution in [2.45, 2.75) is 19.3 Å². The standard InChI is InChI=1S/C11H20N2O2/c14-11-10(2-1-4-12-11)3-5-13-6-8-15-9-7-13/h10H,1-9H2,(H,12,14). The number of ether oxygens (including phenoxy) is 1. The van der Waals surface area contributed by atoms with Crippen molar-refractivity contribution in [3.8, 4) is 0 Å². The highest BCUT2D eigenvalue weighted by Gasteiger charge is 2.22. The minimum atomic E-state index is 0.251. The molecule has 0 bridgehead atoms. The molecule has 1 N–H and O–H groups in total. The Morgan fingerprint density at radius 2 is 2.20 bits per heavy atom. The van der Waals surface area contributed by atoms with Crippen LogP contribution in [0.3, 0.4) is 0 Å². The molecule has 4 nitrogen and oxygen atoms in total. The van der Waals surface area contributed by atoms with E-state index in [2.05, 4.69) is 10.2 Å². The van der Waals surface area contributed by atoms with E-state index in [1.165, 1.54) is 0 Å². The zero-order valence-corrected chi connectivity index (χ0v) is 9.21. The van der Waals surface area contributed by atoms with Gasteiger partial charge in [0.2, 0.25) is 5.91 Å². The molecule has 0 aromatic heterocycles. The predicted molar refractivity (Wildman–Crippen MR) is 57.6 cm³/mol. The first-order valence-electron chi connectivity index (χ1n) is 5.94. The number of carbonyl (C=O) groups excluding carboxylic acids is 1. The molecule has 1 amide bonds. The molecule has 86 valence electrons. The van der Waals surface area contributed by atoms with Gasteiger partial charge in [-0.15, -0.1) is 0 Å². The fourth-order valence-electron chi connectivity index (χ4n) is 2.27. The highest BCUT2D eigenvalue weighted by Crippen LogP contribution is 2.16. The number of hydrogen-bond acceptors (Lipinski definition) is 3. The first kappa shape index (κ1) is 10.9. The van der Waals surface area contributed by atoms with Gasteiger partial charge in [-0.3, -0.25) is 9.69 Å². The van der Waals surface area contributed by atoms with Crippen LogP contribution < -0.4 is 5.32 Å². The number of piperidine rings is 1. The molecule has 0 aromatic carbocycles. The van der Waals surface area contributed by atoms with E-state index >= 15 is 0 Å². The van der Waals surface area contributed by atoms with Crippen LogP contribution >= 0.6 is 0 Å². The van der Waals surface area contributed by atoms with Gasteiger partial charge in [-0.25, -0.2) is 0 Å². The lowest BCUT2D eigenvalue weighted by atomic mass is 9.95. The van der Waals surface area contributed by atoms with Crippen molar-refractivity contribution in [2.24, 2.45) is 5.92 Å². The van der Waals surface area contributed by atoms with Gasteiger partial charge in [-0.05, 0) is 25.8 Å². The second-order valence-electron chi connectivity index (χ2n) is 4.37. The number of rotatable bonds is 3. The Bertz CT molecular complexity index is 215. The van der Waals surface area contributed by atoms with Crippen LogP contribution in [0.4, 0.5) is 0 Å². The van der Waals surface area contributed by atoms with E-state index in [1.54, 1.807) is 0 Å². The molecule has 0 radical (unpaired) electrons. The van der Waals surface area contributed by atoms with E-state index < -0.39 is 0 Å². The van der Waals surface area contributed by atoms with Crippen LogP contribution in [0.2, 0.25) is 0 Å². The highest BCUT2D eigenvalue weighted by atomic mass is 16.5. The van der Waals surface area contributed by atoms with Gasteiger partial charge in [0.25, 0.3) is 0 Å². The average molecular weight is 212 g/mol. The fourth-order valence-corrected chi connectivity index (χ4v) is 2.27. The van der Waals surface area contributed by atoms with Gasteiger partial charge in [-0.2, -0.15) is 0 Å². The van der Waals surface area contributed by atoms with Crippen molar-refractivity contribution in [3.05, 3.63) is 0 Å². The maximum Gasteiger partial charge on any atom is 0.223 e. The monoisotopic (exact) mass is 212 g/mol. The molecule has 0 aliphatic carbocycles. The minimum absolute atomic E-state index is 0.251. The zero-order valence-electron chi connectivity index (χ0n) is 9.21. The molecule has 4 heteroatoms. The summed E-state index contributed by atoms with van der Waals surface area (Å²) in [5.41, 5.74) is 0. The summed E-state index contributed by atoms with van der Waals surface area (Å²) in [5.74, 6) is 0.510. The third kappa shape index (κ3) is 3.18. The lowest BCUT2D eigenvalue weighted by Gasteiger charge is -2.29. The Hall–Kier alpha value is -0.610. The number of nitrogens with zero attached hydrogens (tertiary/aromatic N) is 1. The fraction of sp³-hybridized carbons (Fsp3) is 0.909. The molecule has 2 heterocycles. The summed E-state index contributed by atoms with van der Waals surface area (Å²) >= 11 is 0. The van der Waals surface area contributed by atoms with E-state index in [0.29, 0.717) is 0 Å². The molecule has 2 aliphatic rings. The number of amides is 1. The third-order valence-electron chi connectivity index (χ3n) is 3.30. The van der Waals surface area contributed by atoms with E-state index in [1.807, 2.05) is 0 Å². The van der Waals surface area contributed by atoms with Crippen molar-refractivity contribution in [1.82, 2.24) is 10.2 Å². The summed E-state index contributed by atoms with van der Waals surface area (Å²) < 4.78 is 5.29. The normalized spacial score (nSPS) is 28.8. The van der Waals surface area contributed by atoms with E-state index in [-0.39, 0.29) is 11.8 Å². The lowest BCUT2D eigenvalue weighted by molar-refractivity contribution is -0.127. The molecule has 2 aliphatic heterocycles. The second-order valence-corrected chi connectivity index (χ2v) is 4.37. The van der Waals surface area contributed by atoms with Gasteiger partial charge < -0.3 is 10.1 Å². The smallest absolute Gasteiger partial charge is 0.223 e. The van der Waals surface area contributed by atoms with Crippen LogP contribution in [0.1, 0.15) is 19.3 Å². The molecule has 2 fully saturated rings. The van der Waals surface area contributed by atoms with Gasteiger partial charge in [0.1, 0.15) is 0 Å². The van der Waals surface area contributed by atoms with E-state index in [4.69, 9.17) is 4.74 Å². The topological polar surface area (TPSA) is 41.6 Å². The van der Waals surface area contributed by atoms with Gasteiger partial charge in [0.15, 0.2) is 0 Å². The summed E-state index contributed by atoms with van der Waals surface area (Å²) in [6, 6.07) is 0. The summed E-state index contributed by atoms with van der Waals surface area (Å²) in [7, 11) is 0. The molecule has 0 saturated carbocycles. The number of nitrogens with one attached hydrogen (secondary N) is 1. The van der Waals surface area contributed by atoms with Gasteiger partial charge in [-0.1, -0.05) is 0 Å². The van der Waals surface area contributed by atoms with E-state index in [0.717, 1.165) is 58.7 Å². The highest BCUT2D eigenvalue weighted by molar-refractivity contribution is 5.79. The van der Waals surface area contributed by atoms with Crippen LogP contribution in [0, 0.1) is 5.92 Å². The molecule has 1 unspecified atom stereocenters. The van der Waals surface area contributed by atoms with Crippen molar-refractivity contribution in [3.63, 3.8) is 0 Å². The van der Waals surface area contributed by atoms with Gasteiger partial charge in [0, 0.05) is 25.6 Å². The summed E-state index contributed by atoms with van der Waals surface area (Å²) in [6.45, 7) is 5.64. The first-order valence-corrected chi connectivity index (χ1v) is 5.94. The van der Waals surface area contributed by atoms with Gasteiger partial charge >= 0.3 is 0 Å². The Balaban J connectivity index is 1.69. The van der Waals surface area contributed by atoms with Crippen LogP contribution in [0.5, 0.6) is 0 Å². The van der Waals surface area contributed by atoms with Crippen molar-refractivity contribution >= 4 is 5.91 Å². The molecular weight excluding hydrogens is 192 g/mol. The quantitative estimate of drug-likeness (QED) is 0.728. The molecule has 1 atom stereocenters. The number of morpholine rings is 1. The maximum atomic E-state index is 11.5. The Morgan fingerprint density at radius 3 is 2.93 bits per heavy atom. The van der Waals surface area contributed by atoms with Crippen LogP contribution in [-0.2, 0) is 9.53 Å². The predicted octanol–water partition coefficient (Wildman–Crippen LogP) is 0.235. The minimum Gasteiger partial charge on any atom is -0.379 e. The molecule has 2 saturated heterocycles. The summed E-state index contributed by atoms with van der Waals surface area (Å²) in [4.78, 5) is 13.9. The lowest BCUT2D eigenvalue weighted by Crippen LogP contribution is -2.41. The van der Waals surface area contributed by atoms with Gasteiger partial charge in [0.05, 0.1) is 13.2 Å². The third-order valence-corrected chi connectivity index (χ3v) is 3.30. The summed E-state index contributed by atoms with van der Waals surface area (Å²) in [6.07, 6.45) is 3.21. The Kier molecular flexibility index (Phi) is 3.97. The molecule has 0 aromatic rings. The zero-order chi connectivity index (χ0) is 10.5. The number of carbonyl (C=O) groups is 1. The van der Waals surface area contributed by atoms with Crippen molar-refractivity contribution in [2.75, 3.05) is 39.4 Å². The maximum absolute atomic E-state index is 11.5. The number of hydrogen-bond donors (Lipinski definition) is 1. The molecule has 15 heavy (non-hydrogen) atoms. The van der Waals surface area contributed by atoms with Crippen molar-refractivity contribution in [1.29, 1.82) is 0 Å². The largest absolute Gasteiger partial charge is 0.379 e. The second kappa shape index (κ2) is 5.47. The molecule has 0 spiro atoms. The SMILES string of the molecule is O=C1NCCCC1CCN1CCOCC1. The van der Waals surface area contributed by atoms with E-state index in [9.17, 15) is 4.79 Å². The van der Waals surface area contributed by atoms with Crippen molar-refractivity contribution < 1.29 is 9.53 Å². The van der Waals surface area contributed by atoms with Crippen LogP contribution in [0.15, 0.2) is 0 Å².